The summed E-state index contributed by atoms with van der Waals surface area (Å²) in [6.45, 7) is 0. The Labute approximate surface area is 122 Å². The van der Waals surface area contributed by atoms with E-state index in [-0.39, 0.29) is 5.82 Å². The molecular formula is C11H10FIN6. The highest BCUT2D eigenvalue weighted by Crippen LogP contribution is 2.19. The molecule has 1 aliphatic heterocycles. The van der Waals surface area contributed by atoms with E-state index in [0.29, 0.717) is 0 Å². The molecule has 0 saturated heterocycles. The van der Waals surface area contributed by atoms with E-state index in [1.165, 1.54) is 12.1 Å². The third-order valence-corrected chi connectivity index (χ3v) is 3.76. The minimum atomic E-state index is -0.264. The third-order valence-electron chi connectivity index (χ3n) is 2.72. The van der Waals surface area contributed by atoms with Crippen molar-refractivity contribution in [1.82, 2.24) is 25.9 Å². The molecule has 0 bridgehead atoms. The number of amidine groups is 1. The van der Waals surface area contributed by atoms with Crippen LogP contribution >= 0.6 is 22.6 Å². The summed E-state index contributed by atoms with van der Waals surface area (Å²) in [4.78, 5) is 0. The normalized spacial score (nSPS) is 14.5. The molecule has 0 aliphatic carbocycles. The first-order valence-electron chi connectivity index (χ1n) is 5.49. The quantitative estimate of drug-likeness (QED) is 0.779. The van der Waals surface area contributed by atoms with Gasteiger partial charge in [0.1, 0.15) is 9.52 Å². The Morgan fingerprint density at radius 3 is 2.63 bits per heavy atom. The van der Waals surface area contributed by atoms with Gasteiger partial charge >= 0.3 is 0 Å². The lowest BCUT2D eigenvalue weighted by Gasteiger charge is -2.11. The molecule has 0 saturated carbocycles. The van der Waals surface area contributed by atoms with E-state index >= 15 is 0 Å². The zero-order valence-corrected chi connectivity index (χ0v) is 12.1. The molecule has 0 amide bonds. The van der Waals surface area contributed by atoms with Crippen LogP contribution in [0.3, 0.4) is 0 Å². The predicted molar refractivity (Wildman–Crippen MR) is 76.8 cm³/mol. The molecule has 0 radical (unpaired) electrons. The fourth-order valence-corrected chi connectivity index (χ4v) is 2.55. The largest absolute Gasteiger partial charge is 0.274 e. The van der Waals surface area contributed by atoms with Gasteiger partial charge in [-0.25, -0.2) is 14.6 Å². The summed E-state index contributed by atoms with van der Waals surface area (Å²) in [6.07, 6.45) is 1.73. The molecule has 8 heteroatoms. The maximum Gasteiger partial charge on any atom is 0.177 e. The van der Waals surface area contributed by atoms with Gasteiger partial charge < -0.3 is 0 Å². The van der Waals surface area contributed by atoms with Gasteiger partial charge in [-0.15, -0.1) is 10.6 Å². The summed E-state index contributed by atoms with van der Waals surface area (Å²) in [5.41, 5.74) is 7.22. The van der Waals surface area contributed by atoms with Crippen LogP contribution < -0.4 is 11.1 Å². The van der Waals surface area contributed by atoms with Crippen LogP contribution in [0.2, 0.25) is 0 Å². The second-order valence-corrected chi connectivity index (χ2v) is 4.98. The number of aromatic nitrogens is 2. The van der Waals surface area contributed by atoms with Crippen LogP contribution in [0.1, 0.15) is 5.56 Å². The Kier molecular flexibility index (Phi) is 3.11. The molecule has 1 aromatic carbocycles. The second-order valence-electron chi connectivity index (χ2n) is 3.96. The average molecular weight is 372 g/mol. The molecule has 2 heterocycles. The van der Waals surface area contributed by atoms with Gasteiger partial charge in [0.15, 0.2) is 5.84 Å². The van der Waals surface area contributed by atoms with Crippen LogP contribution in [0, 0.1) is 9.52 Å². The highest BCUT2D eigenvalue weighted by atomic mass is 127. The predicted octanol–water partition coefficient (Wildman–Crippen LogP) is 1.23. The minimum absolute atomic E-state index is 0.264. The standard InChI is InChI=1S/C11H10FIN6/c1-18-11(15-16-17-18)9-6-14-19(10(9)13)8-4-2-7(12)3-5-8/h2-6,16-17H,1H3. The molecule has 0 spiro atoms. The van der Waals surface area contributed by atoms with Crippen LogP contribution in [0.5, 0.6) is 0 Å². The Hall–Kier alpha value is -1.68. The maximum absolute atomic E-state index is 12.9. The van der Waals surface area contributed by atoms with E-state index in [1.807, 2.05) is 7.05 Å². The lowest BCUT2D eigenvalue weighted by Crippen LogP contribution is -2.37. The first-order valence-corrected chi connectivity index (χ1v) is 6.56. The molecule has 1 aliphatic rings. The zero-order valence-electron chi connectivity index (χ0n) is 9.93. The molecule has 3 rings (SSSR count). The lowest BCUT2D eigenvalue weighted by molar-refractivity contribution is 0.349. The summed E-state index contributed by atoms with van der Waals surface area (Å²) in [5.74, 6) is 0.484. The summed E-state index contributed by atoms with van der Waals surface area (Å²) in [5, 5.41) is 10.2. The molecular weight excluding hydrogens is 362 g/mol. The molecule has 0 atom stereocenters. The third kappa shape index (κ3) is 2.16. The fourth-order valence-electron chi connectivity index (χ4n) is 1.77. The fraction of sp³-hybridized carbons (Fsp3) is 0.0909. The summed E-state index contributed by atoms with van der Waals surface area (Å²) < 4.78 is 15.6. The molecule has 6 nitrogen and oxygen atoms in total. The van der Waals surface area contributed by atoms with Crippen LogP contribution in [0.4, 0.5) is 4.39 Å². The Morgan fingerprint density at radius 2 is 2.00 bits per heavy atom. The number of hydrogen-bond acceptors (Lipinski definition) is 5. The van der Waals surface area contributed by atoms with Gasteiger partial charge in [0.05, 0.1) is 17.4 Å². The number of benzene rings is 1. The summed E-state index contributed by atoms with van der Waals surface area (Å²) >= 11 is 2.19. The lowest BCUT2D eigenvalue weighted by atomic mass is 10.3. The Bertz CT molecular complexity index is 635. The number of rotatable bonds is 2. The Morgan fingerprint density at radius 1 is 1.26 bits per heavy atom. The van der Waals surface area contributed by atoms with E-state index in [2.05, 4.69) is 43.9 Å². The molecule has 0 unspecified atom stereocenters. The van der Waals surface area contributed by atoms with Crippen molar-refractivity contribution in [2.45, 2.75) is 0 Å². The number of hydrogen-bond donors (Lipinski definition) is 2. The van der Waals surface area contributed by atoms with E-state index in [4.69, 9.17) is 0 Å². The van der Waals surface area contributed by atoms with Gasteiger partial charge in [-0.3, -0.25) is 5.01 Å². The average Bonchev–Trinajstić information content (AvgIpc) is 2.97. The smallest absolute Gasteiger partial charge is 0.177 e. The van der Waals surface area contributed by atoms with Crippen LogP contribution in [0.25, 0.3) is 5.69 Å². The Balaban J connectivity index is 2.01. The number of nitrogens with zero attached hydrogens (tertiary/aromatic N) is 4. The van der Waals surface area contributed by atoms with Crippen LogP contribution in [0.15, 0.2) is 35.6 Å². The van der Waals surface area contributed by atoms with Gasteiger partial charge in [-0.2, -0.15) is 5.10 Å². The first-order chi connectivity index (χ1) is 9.16. The van der Waals surface area contributed by atoms with E-state index in [9.17, 15) is 4.39 Å². The van der Waals surface area contributed by atoms with Crippen LogP contribution in [-0.2, 0) is 0 Å². The highest BCUT2D eigenvalue weighted by Gasteiger charge is 2.21. The highest BCUT2D eigenvalue weighted by molar-refractivity contribution is 14.1. The maximum atomic E-state index is 12.9. The first kappa shape index (κ1) is 12.4. The number of nitrogens with one attached hydrogen (secondary N) is 2. The van der Waals surface area contributed by atoms with Crippen molar-refractivity contribution in [3.63, 3.8) is 0 Å². The molecule has 2 N–H and O–H groups in total. The summed E-state index contributed by atoms with van der Waals surface area (Å²) in [6, 6.07) is 6.19. The van der Waals surface area contributed by atoms with Crippen molar-refractivity contribution in [3.8, 4) is 5.69 Å². The van der Waals surface area contributed by atoms with Crippen molar-refractivity contribution < 1.29 is 4.39 Å². The van der Waals surface area contributed by atoms with E-state index in [0.717, 1.165) is 20.8 Å². The second kappa shape index (κ2) is 4.78. The SMILES string of the molecule is CN1NNN=C1c1cnn(-c2ccc(F)cc2)c1I. The molecule has 0 fully saturated rings. The topological polar surface area (TPSA) is 57.5 Å². The van der Waals surface area contributed by atoms with Crippen molar-refractivity contribution in [2.24, 2.45) is 5.10 Å². The van der Waals surface area contributed by atoms with Crippen molar-refractivity contribution in [3.05, 3.63) is 45.5 Å². The van der Waals surface area contributed by atoms with Gasteiger partial charge in [0.2, 0.25) is 0 Å². The van der Waals surface area contributed by atoms with E-state index < -0.39 is 0 Å². The molecule has 1 aromatic heterocycles. The van der Waals surface area contributed by atoms with Gasteiger partial charge in [-0.05, 0) is 46.9 Å². The zero-order chi connectivity index (χ0) is 13.4. The van der Waals surface area contributed by atoms with Crippen molar-refractivity contribution in [2.75, 3.05) is 7.05 Å². The van der Waals surface area contributed by atoms with Crippen molar-refractivity contribution in [1.29, 1.82) is 0 Å². The number of halogens is 2. The molecule has 19 heavy (non-hydrogen) atoms. The number of hydrazone groups is 1. The minimum Gasteiger partial charge on any atom is -0.274 e. The molecule has 2 aromatic rings. The molecule has 98 valence electrons. The van der Waals surface area contributed by atoms with Gasteiger partial charge in [0.25, 0.3) is 0 Å². The van der Waals surface area contributed by atoms with Gasteiger partial charge in [0, 0.05) is 7.05 Å². The monoisotopic (exact) mass is 372 g/mol. The van der Waals surface area contributed by atoms with E-state index in [1.54, 1.807) is 28.0 Å². The van der Waals surface area contributed by atoms with Gasteiger partial charge in [-0.1, -0.05) is 0 Å². The van der Waals surface area contributed by atoms with Crippen molar-refractivity contribution >= 4 is 28.4 Å². The summed E-state index contributed by atoms with van der Waals surface area (Å²) in [7, 11) is 1.85. The number of hydrazine groups is 2. The van der Waals surface area contributed by atoms with Crippen LogP contribution in [-0.4, -0.2) is 27.7 Å².